The molecule has 4 aliphatic rings. The zero-order chi connectivity index (χ0) is 19.3. The zero-order valence-electron chi connectivity index (χ0n) is 15.9. The van der Waals surface area contributed by atoms with Crippen molar-refractivity contribution in [2.45, 2.75) is 69.2 Å². The molecule has 28 heavy (non-hydrogen) atoms. The number of carbonyl (C=O) groups is 3. The molecule has 3 fully saturated rings. The molecule has 0 N–H and O–H groups in total. The Bertz CT molecular complexity index is 831. The van der Waals surface area contributed by atoms with E-state index in [1.165, 1.54) is 5.56 Å². The van der Waals surface area contributed by atoms with E-state index >= 15 is 0 Å². The summed E-state index contributed by atoms with van der Waals surface area (Å²) in [6.07, 6.45) is 4.64. The number of Topliss-reactive ketones (excluding diaryl/α,β-unsaturated/α-hetero) is 2. The van der Waals surface area contributed by atoms with Crippen LogP contribution in [0.1, 0.15) is 72.3 Å². The molecule has 6 heteroatoms. The number of fused-ring (bicyclic) bond motifs is 1. The van der Waals surface area contributed by atoms with Gasteiger partial charge in [0.15, 0.2) is 11.6 Å². The van der Waals surface area contributed by atoms with E-state index in [4.69, 9.17) is 9.47 Å². The highest BCUT2D eigenvalue weighted by molar-refractivity contribution is 6.07. The highest BCUT2D eigenvalue weighted by Gasteiger charge is 2.42. The van der Waals surface area contributed by atoms with Gasteiger partial charge in [-0.25, -0.2) is 0 Å². The lowest BCUT2D eigenvalue weighted by molar-refractivity contribution is -0.178. The van der Waals surface area contributed by atoms with Crippen molar-refractivity contribution in [2.75, 3.05) is 13.2 Å². The molecular formula is C22H25NO5. The normalized spacial score (nSPS) is 27.6. The van der Waals surface area contributed by atoms with E-state index in [0.717, 1.165) is 31.2 Å². The maximum Gasteiger partial charge on any atom is 0.255 e. The van der Waals surface area contributed by atoms with Crippen molar-refractivity contribution in [3.8, 4) is 0 Å². The van der Waals surface area contributed by atoms with Gasteiger partial charge < -0.3 is 14.4 Å². The number of carbonyl (C=O) groups excluding carboxylic acids is 3. The first-order valence-electron chi connectivity index (χ1n) is 10.3. The minimum atomic E-state index is -0.452. The number of amides is 1. The van der Waals surface area contributed by atoms with Crippen LogP contribution in [0.4, 0.5) is 0 Å². The van der Waals surface area contributed by atoms with E-state index in [1.54, 1.807) is 4.90 Å². The average Bonchev–Trinajstić information content (AvgIpc) is 3.27. The summed E-state index contributed by atoms with van der Waals surface area (Å²) >= 11 is 0. The van der Waals surface area contributed by atoms with Gasteiger partial charge in [-0.1, -0.05) is 12.1 Å². The van der Waals surface area contributed by atoms with Crippen LogP contribution in [0.15, 0.2) is 18.2 Å². The molecule has 6 nitrogen and oxygen atoms in total. The van der Waals surface area contributed by atoms with Crippen LogP contribution >= 0.6 is 0 Å². The third-order valence-electron chi connectivity index (χ3n) is 6.81. The molecule has 0 aromatic heterocycles. The quantitative estimate of drug-likeness (QED) is 0.735. The van der Waals surface area contributed by atoms with Crippen LogP contribution in [0.25, 0.3) is 0 Å². The second kappa shape index (κ2) is 6.78. The third-order valence-corrected chi connectivity index (χ3v) is 6.81. The molecule has 2 aliphatic carbocycles. The summed E-state index contributed by atoms with van der Waals surface area (Å²) in [6, 6.07) is 5.67. The van der Waals surface area contributed by atoms with E-state index in [2.05, 4.69) is 12.1 Å². The summed E-state index contributed by atoms with van der Waals surface area (Å²) in [5.74, 6) is -0.130. The summed E-state index contributed by atoms with van der Waals surface area (Å²) < 4.78 is 11.6. The molecular weight excluding hydrogens is 358 g/mol. The molecule has 1 aromatic rings. The highest BCUT2D eigenvalue weighted by atomic mass is 16.7. The van der Waals surface area contributed by atoms with Gasteiger partial charge in [-0.05, 0) is 42.4 Å². The monoisotopic (exact) mass is 383 g/mol. The van der Waals surface area contributed by atoms with E-state index < -0.39 is 6.04 Å². The molecule has 1 atom stereocenters. The zero-order valence-corrected chi connectivity index (χ0v) is 15.9. The van der Waals surface area contributed by atoms with E-state index in [-0.39, 0.29) is 29.7 Å². The number of ketones is 2. The summed E-state index contributed by atoms with van der Waals surface area (Å²) in [7, 11) is 0. The lowest BCUT2D eigenvalue weighted by Crippen LogP contribution is -2.44. The van der Waals surface area contributed by atoms with Gasteiger partial charge in [0.1, 0.15) is 5.78 Å². The standard InChI is InChI=1S/C22H25NO5/c24-17-2-4-19(20(25)12-17)23-13-16-11-15(1-3-18(16)21(23)26)14-5-7-22(8-6-14)27-9-10-28-22/h1,3,11,14,19H,2,4-10,12-13H2/t19-/m0/s1. The van der Waals surface area contributed by atoms with Crippen LogP contribution in [0, 0.1) is 0 Å². The lowest BCUT2D eigenvalue weighted by Gasteiger charge is -2.35. The number of hydrogen-bond donors (Lipinski definition) is 0. The minimum Gasteiger partial charge on any atom is -0.348 e. The maximum atomic E-state index is 12.8. The van der Waals surface area contributed by atoms with Gasteiger partial charge in [-0.3, -0.25) is 14.4 Å². The van der Waals surface area contributed by atoms with Gasteiger partial charge in [0.2, 0.25) is 0 Å². The first kappa shape index (κ1) is 18.0. The molecule has 0 radical (unpaired) electrons. The summed E-state index contributed by atoms with van der Waals surface area (Å²) in [5, 5.41) is 0. The van der Waals surface area contributed by atoms with Gasteiger partial charge in [-0.2, -0.15) is 0 Å². The fourth-order valence-electron chi connectivity index (χ4n) is 5.23. The fraction of sp³-hybridized carbons (Fsp3) is 0.591. The largest absolute Gasteiger partial charge is 0.348 e. The first-order valence-corrected chi connectivity index (χ1v) is 10.3. The Morgan fingerprint density at radius 3 is 2.46 bits per heavy atom. The summed E-state index contributed by atoms with van der Waals surface area (Å²) in [5.41, 5.74) is 2.95. The van der Waals surface area contributed by atoms with Crippen LogP contribution in [0.2, 0.25) is 0 Å². The average molecular weight is 383 g/mol. The van der Waals surface area contributed by atoms with Crippen LogP contribution in [0.3, 0.4) is 0 Å². The molecule has 1 saturated heterocycles. The van der Waals surface area contributed by atoms with E-state index in [1.807, 2.05) is 6.07 Å². The SMILES string of the molecule is O=C1CC[C@H](N2Cc3cc(C4CCC5(CC4)OCCO5)ccc3C2=O)C(=O)C1. The van der Waals surface area contributed by atoms with Crippen molar-refractivity contribution in [1.29, 1.82) is 0 Å². The Hall–Kier alpha value is -2.05. The molecule has 1 aromatic carbocycles. The van der Waals surface area contributed by atoms with E-state index in [9.17, 15) is 14.4 Å². The van der Waals surface area contributed by atoms with Crippen molar-refractivity contribution < 1.29 is 23.9 Å². The molecule has 5 rings (SSSR count). The molecule has 2 saturated carbocycles. The first-order chi connectivity index (χ1) is 13.5. The number of hydrogen-bond acceptors (Lipinski definition) is 5. The van der Waals surface area contributed by atoms with Crippen LogP contribution < -0.4 is 0 Å². The lowest BCUT2D eigenvalue weighted by atomic mass is 9.80. The molecule has 0 unspecified atom stereocenters. The maximum absolute atomic E-state index is 12.8. The number of benzene rings is 1. The Kier molecular flexibility index (Phi) is 4.36. The van der Waals surface area contributed by atoms with E-state index in [0.29, 0.717) is 44.1 Å². The minimum absolute atomic E-state index is 0.0158. The van der Waals surface area contributed by atoms with Crippen LogP contribution in [-0.2, 0) is 25.6 Å². The van der Waals surface area contributed by atoms with Crippen molar-refractivity contribution in [3.05, 3.63) is 34.9 Å². The van der Waals surface area contributed by atoms with Crippen molar-refractivity contribution in [1.82, 2.24) is 4.90 Å². The Balaban J connectivity index is 1.31. The number of ether oxygens (including phenoxy) is 2. The van der Waals surface area contributed by atoms with Gasteiger partial charge in [-0.15, -0.1) is 0 Å². The van der Waals surface area contributed by atoms with Crippen molar-refractivity contribution in [2.24, 2.45) is 0 Å². The summed E-state index contributed by atoms with van der Waals surface area (Å²) in [6.45, 7) is 1.84. The predicted octanol–water partition coefficient (Wildman–Crippen LogP) is 2.73. The molecule has 1 spiro atoms. The topological polar surface area (TPSA) is 72.9 Å². The van der Waals surface area contributed by atoms with Gasteiger partial charge in [0.05, 0.1) is 25.7 Å². The Morgan fingerprint density at radius 2 is 1.75 bits per heavy atom. The molecule has 148 valence electrons. The van der Waals surface area contributed by atoms with Crippen molar-refractivity contribution in [3.63, 3.8) is 0 Å². The Morgan fingerprint density at radius 1 is 1.00 bits per heavy atom. The molecule has 0 bridgehead atoms. The fourth-order valence-corrected chi connectivity index (χ4v) is 5.23. The van der Waals surface area contributed by atoms with Crippen LogP contribution in [0.5, 0.6) is 0 Å². The Labute approximate surface area is 164 Å². The van der Waals surface area contributed by atoms with Gasteiger partial charge >= 0.3 is 0 Å². The molecule has 2 aliphatic heterocycles. The third kappa shape index (κ3) is 2.99. The second-order valence-electron chi connectivity index (χ2n) is 8.47. The van der Waals surface area contributed by atoms with Crippen LogP contribution in [-0.4, -0.2) is 47.4 Å². The van der Waals surface area contributed by atoms with Gasteiger partial charge in [0.25, 0.3) is 5.91 Å². The summed E-state index contributed by atoms with van der Waals surface area (Å²) in [4.78, 5) is 38.3. The highest BCUT2D eigenvalue weighted by Crippen LogP contribution is 2.43. The van der Waals surface area contributed by atoms with Crippen molar-refractivity contribution >= 4 is 17.5 Å². The number of rotatable bonds is 2. The molecule has 2 heterocycles. The second-order valence-corrected chi connectivity index (χ2v) is 8.47. The smallest absolute Gasteiger partial charge is 0.255 e. The molecule has 1 amide bonds. The predicted molar refractivity (Wildman–Crippen MR) is 99.8 cm³/mol. The van der Waals surface area contributed by atoms with Gasteiger partial charge in [0, 0.05) is 31.4 Å². The number of nitrogens with zero attached hydrogens (tertiary/aromatic N) is 1.